The van der Waals surface area contributed by atoms with Crippen molar-refractivity contribution in [1.29, 1.82) is 5.26 Å². The van der Waals surface area contributed by atoms with E-state index in [1.54, 1.807) is 28.9 Å². The van der Waals surface area contributed by atoms with E-state index in [0.29, 0.717) is 33.8 Å². The van der Waals surface area contributed by atoms with Gasteiger partial charge in [-0.2, -0.15) is 10.4 Å². The second-order valence-corrected chi connectivity index (χ2v) is 8.67. The van der Waals surface area contributed by atoms with Crippen LogP contribution in [0.4, 0.5) is 0 Å². The zero-order valence-corrected chi connectivity index (χ0v) is 19.4. The number of nitrogens with zero attached hydrogens (tertiary/aromatic N) is 5. The van der Waals surface area contributed by atoms with Gasteiger partial charge < -0.3 is 0 Å². The third-order valence-corrected chi connectivity index (χ3v) is 5.98. The number of hydrogen-bond donors (Lipinski definition) is 0. The summed E-state index contributed by atoms with van der Waals surface area (Å²) >= 11 is 6.10. The molecule has 0 aliphatic heterocycles. The van der Waals surface area contributed by atoms with Crippen molar-refractivity contribution in [3.8, 4) is 28.8 Å². The average molecular weight is 466 g/mol. The van der Waals surface area contributed by atoms with Crippen molar-refractivity contribution in [1.82, 2.24) is 19.3 Å². The Hall–Kier alpha value is -4.21. The van der Waals surface area contributed by atoms with E-state index in [1.807, 2.05) is 54.6 Å². The van der Waals surface area contributed by atoms with Crippen molar-refractivity contribution >= 4 is 22.6 Å². The first kappa shape index (κ1) is 21.6. The SMILES string of the molecule is CC(C)c1ccc(-c2nc3c(c(C#N)nn3-c3ccccc3)c(=O)n2-c2ccc(Cl)cc2)cc1. The predicted octanol–water partition coefficient (Wildman–Crippen LogP) is 5.89. The summed E-state index contributed by atoms with van der Waals surface area (Å²) < 4.78 is 3.06. The molecule has 2 aromatic heterocycles. The number of rotatable bonds is 4. The summed E-state index contributed by atoms with van der Waals surface area (Å²) in [5.74, 6) is 0.831. The molecule has 0 atom stereocenters. The van der Waals surface area contributed by atoms with E-state index in [1.165, 1.54) is 10.1 Å². The van der Waals surface area contributed by atoms with Crippen molar-refractivity contribution in [3.05, 3.63) is 105 Å². The van der Waals surface area contributed by atoms with Gasteiger partial charge in [0.05, 0.1) is 11.4 Å². The minimum atomic E-state index is -0.367. The Morgan fingerprint density at radius 1 is 0.912 bits per heavy atom. The molecule has 7 heteroatoms. The van der Waals surface area contributed by atoms with Gasteiger partial charge in [0.2, 0.25) is 0 Å². The van der Waals surface area contributed by atoms with Crippen LogP contribution in [0.3, 0.4) is 0 Å². The minimum absolute atomic E-state index is 0.0285. The fourth-order valence-electron chi connectivity index (χ4n) is 3.94. The van der Waals surface area contributed by atoms with Crippen LogP contribution in [0.1, 0.15) is 31.0 Å². The van der Waals surface area contributed by atoms with Crippen LogP contribution in [0.2, 0.25) is 5.02 Å². The third-order valence-electron chi connectivity index (χ3n) is 5.73. The molecule has 0 aliphatic rings. The molecule has 2 heterocycles. The van der Waals surface area contributed by atoms with Crippen LogP contribution >= 0.6 is 11.6 Å². The van der Waals surface area contributed by atoms with Crippen LogP contribution in [0.15, 0.2) is 83.7 Å². The summed E-state index contributed by atoms with van der Waals surface area (Å²) in [5.41, 5.74) is 3.27. The zero-order valence-electron chi connectivity index (χ0n) is 18.6. The van der Waals surface area contributed by atoms with E-state index in [4.69, 9.17) is 16.6 Å². The van der Waals surface area contributed by atoms with Crippen LogP contribution in [-0.2, 0) is 0 Å². The molecule has 34 heavy (non-hydrogen) atoms. The Morgan fingerprint density at radius 3 is 2.21 bits per heavy atom. The maximum Gasteiger partial charge on any atom is 0.270 e. The molecule has 0 saturated carbocycles. The molecule has 0 radical (unpaired) electrons. The first-order valence-electron chi connectivity index (χ1n) is 10.9. The van der Waals surface area contributed by atoms with Gasteiger partial charge in [-0.1, -0.05) is 67.9 Å². The van der Waals surface area contributed by atoms with Crippen molar-refractivity contribution in [2.24, 2.45) is 0 Å². The Kier molecular flexibility index (Phi) is 5.48. The Labute approximate surface area is 201 Å². The van der Waals surface area contributed by atoms with Gasteiger partial charge in [-0.15, -0.1) is 0 Å². The molecule has 0 fully saturated rings. The van der Waals surface area contributed by atoms with E-state index in [2.05, 4.69) is 25.0 Å². The van der Waals surface area contributed by atoms with Crippen molar-refractivity contribution in [2.75, 3.05) is 0 Å². The standard InChI is InChI=1S/C27H20ClN5O/c1-17(2)18-8-10-19(11-9-18)25-30-26-24(27(34)32(25)21-14-12-20(28)13-15-21)23(16-29)31-33(26)22-6-4-3-5-7-22/h3-15,17H,1-2H3. The monoisotopic (exact) mass is 465 g/mol. The van der Waals surface area contributed by atoms with Gasteiger partial charge >= 0.3 is 0 Å². The van der Waals surface area contributed by atoms with E-state index in [-0.39, 0.29) is 16.6 Å². The fourth-order valence-corrected chi connectivity index (χ4v) is 4.06. The highest BCUT2D eigenvalue weighted by molar-refractivity contribution is 6.30. The molecule has 5 aromatic rings. The normalized spacial score (nSPS) is 11.1. The molecule has 0 saturated heterocycles. The number of aromatic nitrogens is 4. The van der Waals surface area contributed by atoms with E-state index in [9.17, 15) is 10.1 Å². The second kappa shape index (κ2) is 8.62. The van der Waals surface area contributed by atoms with E-state index >= 15 is 0 Å². The molecule has 6 nitrogen and oxygen atoms in total. The third kappa shape index (κ3) is 3.66. The Balaban J connectivity index is 1.87. The summed E-state index contributed by atoms with van der Waals surface area (Å²) in [6.07, 6.45) is 0. The van der Waals surface area contributed by atoms with Gasteiger partial charge in [0.1, 0.15) is 17.3 Å². The minimum Gasteiger partial charge on any atom is -0.268 e. The van der Waals surface area contributed by atoms with Crippen LogP contribution in [0.5, 0.6) is 0 Å². The smallest absolute Gasteiger partial charge is 0.268 e. The van der Waals surface area contributed by atoms with Crippen LogP contribution in [0.25, 0.3) is 33.8 Å². The van der Waals surface area contributed by atoms with Crippen LogP contribution in [-0.4, -0.2) is 19.3 Å². The maximum atomic E-state index is 13.9. The number of para-hydroxylation sites is 1. The van der Waals surface area contributed by atoms with Crippen molar-refractivity contribution < 1.29 is 0 Å². The molecule has 0 unspecified atom stereocenters. The van der Waals surface area contributed by atoms with Gasteiger partial charge in [0, 0.05) is 10.6 Å². The van der Waals surface area contributed by atoms with Crippen molar-refractivity contribution in [2.45, 2.75) is 19.8 Å². The predicted molar refractivity (Wildman–Crippen MR) is 134 cm³/mol. The number of halogens is 1. The van der Waals surface area contributed by atoms with E-state index in [0.717, 1.165) is 5.56 Å². The second-order valence-electron chi connectivity index (χ2n) is 8.24. The molecular weight excluding hydrogens is 446 g/mol. The summed E-state index contributed by atoms with van der Waals surface area (Å²) in [4.78, 5) is 18.8. The molecule has 0 bridgehead atoms. The summed E-state index contributed by atoms with van der Waals surface area (Å²) in [6, 6.07) is 26.4. The van der Waals surface area contributed by atoms with Gasteiger partial charge in [0.15, 0.2) is 11.3 Å². The zero-order chi connectivity index (χ0) is 23.8. The molecular formula is C27H20ClN5O. The lowest BCUT2D eigenvalue weighted by Gasteiger charge is -2.14. The Morgan fingerprint density at radius 2 is 1.59 bits per heavy atom. The van der Waals surface area contributed by atoms with Gasteiger partial charge in [-0.25, -0.2) is 9.67 Å². The highest BCUT2D eigenvalue weighted by Gasteiger charge is 2.22. The molecule has 166 valence electrons. The lowest BCUT2D eigenvalue weighted by atomic mass is 10.0. The first-order valence-corrected chi connectivity index (χ1v) is 11.2. The Bertz CT molecular complexity index is 1590. The van der Waals surface area contributed by atoms with Crippen molar-refractivity contribution in [3.63, 3.8) is 0 Å². The first-order chi connectivity index (χ1) is 16.5. The molecule has 5 rings (SSSR count). The summed E-state index contributed by atoms with van der Waals surface area (Å²) in [7, 11) is 0. The summed E-state index contributed by atoms with van der Waals surface area (Å²) in [5, 5.41) is 14.9. The van der Waals surface area contributed by atoms with Gasteiger partial charge in [-0.3, -0.25) is 9.36 Å². The topological polar surface area (TPSA) is 76.5 Å². The lowest BCUT2D eigenvalue weighted by molar-refractivity contribution is 0.866. The van der Waals surface area contributed by atoms with Crippen LogP contribution < -0.4 is 5.56 Å². The largest absolute Gasteiger partial charge is 0.270 e. The molecule has 0 N–H and O–H groups in total. The average Bonchev–Trinajstić information content (AvgIpc) is 3.24. The highest BCUT2D eigenvalue weighted by atomic mass is 35.5. The van der Waals surface area contributed by atoms with Gasteiger partial charge in [0.25, 0.3) is 5.56 Å². The number of hydrogen-bond acceptors (Lipinski definition) is 4. The summed E-state index contributed by atoms with van der Waals surface area (Å²) in [6.45, 7) is 4.26. The molecule has 0 aliphatic carbocycles. The van der Waals surface area contributed by atoms with E-state index < -0.39 is 0 Å². The number of benzene rings is 3. The lowest BCUT2D eigenvalue weighted by Crippen LogP contribution is -2.22. The molecule has 0 amide bonds. The van der Waals surface area contributed by atoms with Gasteiger partial charge in [-0.05, 0) is 47.9 Å². The number of nitriles is 1. The highest BCUT2D eigenvalue weighted by Crippen LogP contribution is 2.27. The molecule has 0 spiro atoms. The van der Waals surface area contributed by atoms with Crippen LogP contribution in [0, 0.1) is 11.3 Å². The maximum absolute atomic E-state index is 13.9. The molecule has 3 aromatic carbocycles. The fraction of sp³-hybridized carbons (Fsp3) is 0.111. The number of fused-ring (bicyclic) bond motifs is 1. The quantitative estimate of drug-likeness (QED) is 0.331.